The Kier molecular flexibility index (Phi) is 10.8. The molecule has 1 aromatic carbocycles. The second-order valence-electron chi connectivity index (χ2n) is 11.6. The highest BCUT2D eigenvalue weighted by Crippen LogP contribution is 2.44. The summed E-state index contributed by atoms with van der Waals surface area (Å²) in [5, 5.41) is 0. The Hall–Kier alpha value is -1.51. The molecule has 0 saturated heterocycles. The summed E-state index contributed by atoms with van der Waals surface area (Å²) >= 11 is 0. The van der Waals surface area contributed by atoms with Crippen molar-refractivity contribution in [1.82, 2.24) is 0 Å². The van der Waals surface area contributed by atoms with Gasteiger partial charge in [0.25, 0.3) is 6.47 Å². The van der Waals surface area contributed by atoms with Crippen molar-refractivity contribution < 1.29 is 14.3 Å². The fourth-order valence-corrected chi connectivity index (χ4v) is 5.48. The fourth-order valence-electron chi connectivity index (χ4n) is 5.48. The molecule has 3 atom stereocenters. The van der Waals surface area contributed by atoms with E-state index in [1.165, 1.54) is 56.9 Å². The van der Waals surface area contributed by atoms with Crippen LogP contribution in [0, 0.1) is 38.5 Å². The van der Waals surface area contributed by atoms with Crippen molar-refractivity contribution >= 4 is 6.47 Å². The standard InChI is InChI=1S/C30H50O3/c1-21(2)12-9-13-22(3)14-10-15-23(4)16-11-18-30(8)19-17-27-26(7)28(32-20-31)24(5)25(6)29(27)33-30/h20-23H,9-19H2,1-8H3/t22-,23+,30+/m1/s1. The van der Waals surface area contributed by atoms with Crippen LogP contribution in [0.4, 0.5) is 0 Å². The molecule has 1 aliphatic heterocycles. The van der Waals surface area contributed by atoms with Gasteiger partial charge < -0.3 is 9.47 Å². The molecule has 0 fully saturated rings. The van der Waals surface area contributed by atoms with E-state index in [1.54, 1.807) is 0 Å². The minimum absolute atomic E-state index is 0.103. The third-order valence-electron chi connectivity index (χ3n) is 8.00. The number of rotatable bonds is 14. The van der Waals surface area contributed by atoms with E-state index in [1.807, 2.05) is 13.8 Å². The average molecular weight is 459 g/mol. The number of hydrogen-bond acceptors (Lipinski definition) is 3. The van der Waals surface area contributed by atoms with Gasteiger partial charge in [-0.05, 0) is 87.8 Å². The Morgan fingerprint density at radius 1 is 0.879 bits per heavy atom. The van der Waals surface area contributed by atoms with Crippen LogP contribution in [-0.2, 0) is 11.2 Å². The van der Waals surface area contributed by atoms with Gasteiger partial charge in [-0.2, -0.15) is 0 Å². The largest absolute Gasteiger partial charge is 0.487 e. The average Bonchev–Trinajstić information content (AvgIpc) is 2.75. The van der Waals surface area contributed by atoms with Crippen molar-refractivity contribution in [3.05, 3.63) is 22.3 Å². The van der Waals surface area contributed by atoms with Crippen molar-refractivity contribution in [3.63, 3.8) is 0 Å². The van der Waals surface area contributed by atoms with Crippen LogP contribution >= 0.6 is 0 Å². The van der Waals surface area contributed by atoms with Crippen LogP contribution in [0.5, 0.6) is 11.5 Å². The summed E-state index contributed by atoms with van der Waals surface area (Å²) in [6.07, 6.45) is 13.9. The van der Waals surface area contributed by atoms with Gasteiger partial charge in [0.1, 0.15) is 17.1 Å². The third-order valence-corrected chi connectivity index (χ3v) is 8.00. The van der Waals surface area contributed by atoms with Gasteiger partial charge in [-0.1, -0.05) is 72.6 Å². The Bertz CT molecular complexity index is 767. The van der Waals surface area contributed by atoms with Crippen molar-refractivity contribution in [1.29, 1.82) is 0 Å². The Labute approximate surface area is 204 Å². The molecule has 0 aliphatic carbocycles. The molecule has 1 aliphatic rings. The number of ether oxygens (including phenoxy) is 2. The van der Waals surface area contributed by atoms with E-state index in [2.05, 4.69) is 41.5 Å². The second-order valence-corrected chi connectivity index (χ2v) is 11.6. The zero-order chi connectivity index (χ0) is 24.6. The molecule has 0 unspecified atom stereocenters. The van der Waals surface area contributed by atoms with Gasteiger partial charge in [-0.15, -0.1) is 0 Å². The molecule has 0 bridgehead atoms. The minimum Gasteiger partial charge on any atom is -0.487 e. The minimum atomic E-state index is -0.103. The molecular weight excluding hydrogens is 408 g/mol. The topological polar surface area (TPSA) is 35.5 Å². The highest BCUT2D eigenvalue weighted by atomic mass is 16.5. The van der Waals surface area contributed by atoms with Crippen LogP contribution < -0.4 is 9.47 Å². The normalized spacial score (nSPS) is 19.7. The SMILES string of the molecule is Cc1c(C)c2c(c(C)c1OC=O)CC[C@](C)(CCC[C@@H](C)CCC[C@H](C)CCCC(C)C)O2. The lowest BCUT2D eigenvalue weighted by atomic mass is 9.83. The first-order chi connectivity index (χ1) is 15.6. The van der Waals surface area contributed by atoms with E-state index in [0.29, 0.717) is 12.2 Å². The molecule has 0 spiro atoms. The molecule has 2 rings (SSSR count). The van der Waals surface area contributed by atoms with Crippen molar-refractivity contribution in [2.24, 2.45) is 17.8 Å². The molecule has 1 heterocycles. The van der Waals surface area contributed by atoms with E-state index in [-0.39, 0.29) is 5.60 Å². The smallest absolute Gasteiger partial charge is 0.298 e. The van der Waals surface area contributed by atoms with Crippen LogP contribution in [-0.4, -0.2) is 12.1 Å². The molecular formula is C30H50O3. The number of benzene rings is 1. The lowest BCUT2D eigenvalue weighted by Crippen LogP contribution is -2.37. The molecule has 33 heavy (non-hydrogen) atoms. The van der Waals surface area contributed by atoms with Crippen molar-refractivity contribution in [2.45, 2.75) is 132 Å². The van der Waals surface area contributed by atoms with Crippen molar-refractivity contribution in [2.75, 3.05) is 0 Å². The molecule has 0 amide bonds. The number of fused-ring (bicyclic) bond motifs is 1. The third kappa shape index (κ3) is 8.04. The maximum Gasteiger partial charge on any atom is 0.298 e. The molecule has 0 aromatic heterocycles. The van der Waals surface area contributed by atoms with Gasteiger partial charge >= 0.3 is 0 Å². The number of carbonyl (C=O) groups is 1. The highest BCUT2D eigenvalue weighted by molar-refractivity contribution is 5.62. The van der Waals surface area contributed by atoms with Gasteiger partial charge in [0.15, 0.2) is 0 Å². The summed E-state index contributed by atoms with van der Waals surface area (Å²) in [6.45, 7) is 18.5. The van der Waals surface area contributed by atoms with Gasteiger partial charge in [-0.3, -0.25) is 4.79 Å². The quantitative estimate of drug-likeness (QED) is 0.262. The summed E-state index contributed by atoms with van der Waals surface area (Å²) < 4.78 is 11.9. The van der Waals surface area contributed by atoms with Crippen molar-refractivity contribution in [3.8, 4) is 11.5 Å². The molecule has 3 nitrogen and oxygen atoms in total. The number of carbonyl (C=O) groups excluding carboxylic acids is 1. The van der Waals surface area contributed by atoms with E-state index < -0.39 is 0 Å². The lowest BCUT2D eigenvalue weighted by molar-refractivity contribution is -0.120. The van der Waals surface area contributed by atoms with Crippen LogP contribution in [0.25, 0.3) is 0 Å². The maximum atomic E-state index is 10.9. The predicted octanol–water partition coefficient (Wildman–Crippen LogP) is 8.67. The van der Waals surface area contributed by atoms with E-state index in [0.717, 1.165) is 59.5 Å². The Balaban J connectivity index is 1.80. The summed E-state index contributed by atoms with van der Waals surface area (Å²) in [5.74, 6) is 4.24. The Morgan fingerprint density at radius 3 is 2.03 bits per heavy atom. The molecule has 1 aromatic rings. The summed E-state index contributed by atoms with van der Waals surface area (Å²) in [4.78, 5) is 10.9. The highest BCUT2D eigenvalue weighted by Gasteiger charge is 2.34. The van der Waals surface area contributed by atoms with Crippen LogP contribution in [0.2, 0.25) is 0 Å². The molecule has 188 valence electrons. The first-order valence-corrected chi connectivity index (χ1v) is 13.5. The second kappa shape index (κ2) is 12.8. The van der Waals surface area contributed by atoms with E-state index in [9.17, 15) is 4.79 Å². The zero-order valence-corrected chi connectivity index (χ0v) is 22.8. The summed E-state index contributed by atoms with van der Waals surface area (Å²) in [7, 11) is 0. The maximum absolute atomic E-state index is 10.9. The van der Waals surface area contributed by atoms with Gasteiger partial charge in [-0.25, -0.2) is 0 Å². The van der Waals surface area contributed by atoms with Gasteiger partial charge in [0, 0.05) is 5.56 Å². The Morgan fingerprint density at radius 2 is 1.45 bits per heavy atom. The first-order valence-electron chi connectivity index (χ1n) is 13.5. The monoisotopic (exact) mass is 458 g/mol. The molecule has 0 N–H and O–H groups in total. The summed E-state index contributed by atoms with van der Waals surface area (Å²) in [5.41, 5.74) is 4.27. The fraction of sp³-hybridized carbons (Fsp3) is 0.767. The zero-order valence-electron chi connectivity index (χ0n) is 22.8. The first kappa shape index (κ1) is 27.7. The lowest BCUT2D eigenvalue weighted by Gasteiger charge is -2.38. The number of hydrogen-bond donors (Lipinski definition) is 0. The van der Waals surface area contributed by atoms with Crippen LogP contribution in [0.3, 0.4) is 0 Å². The van der Waals surface area contributed by atoms with Gasteiger partial charge in [0.2, 0.25) is 0 Å². The molecule has 0 radical (unpaired) electrons. The summed E-state index contributed by atoms with van der Waals surface area (Å²) in [6, 6.07) is 0. The van der Waals surface area contributed by atoms with Crippen LogP contribution in [0.1, 0.15) is 121 Å². The molecule has 0 saturated carbocycles. The van der Waals surface area contributed by atoms with Crippen LogP contribution in [0.15, 0.2) is 0 Å². The molecule has 3 heteroatoms. The van der Waals surface area contributed by atoms with Gasteiger partial charge in [0.05, 0.1) is 0 Å². The van der Waals surface area contributed by atoms with E-state index >= 15 is 0 Å². The van der Waals surface area contributed by atoms with E-state index in [4.69, 9.17) is 9.47 Å². The predicted molar refractivity (Wildman–Crippen MR) is 139 cm³/mol.